The molecule has 0 saturated heterocycles. The first-order valence-electron chi connectivity index (χ1n) is 4.00. The summed E-state index contributed by atoms with van der Waals surface area (Å²) in [6.45, 7) is 1.98. The summed E-state index contributed by atoms with van der Waals surface area (Å²) in [5.74, 6) is 0. The zero-order valence-electron chi connectivity index (χ0n) is 7.31. The molecule has 14 heavy (non-hydrogen) atoms. The fourth-order valence-corrected chi connectivity index (χ4v) is 2.16. The molecule has 0 atom stereocenters. The number of halogens is 3. The molecule has 0 unspecified atom stereocenters. The van der Waals surface area contributed by atoms with Crippen LogP contribution in [0.25, 0.3) is 10.9 Å². The first-order chi connectivity index (χ1) is 6.59. The van der Waals surface area contributed by atoms with E-state index in [2.05, 4.69) is 20.9 Å². The molecule has 0 fully saturated rings. The van der Waals surface area contributed by atoms with Crippen LogP contribution in [0.5, 0.6) is 0 Å². The minimum atomic E-state index is 0.420. The van der Waals surface area contributed by atoms with Gasteiger partial charge in [0.05, 0.1) is 10.5 Å². The summed E-state index contributed by atoms with van der Waals surface area (Å²) in [7, 11) is 0. The van der Waals surface area contributed by atoms with Crippen molar-refractivity contribution in [3.8, 4) is 0 Å². The highest BCUT2D eigenvalue weighted by Gasteiger charge is 2.07. The molecule has 2 rings (SSSR count). The maximum Gasteiger partial charge on any atom is 0.131 e. The SMILES string of the molecule is Cc1c(Br)ccc2c(Cl)cc(Cl)nc12. The van der Waals surface area contributed by atoms with E-state index < -0.39 is 0 Å². The minimum absolute atomic E-state index is 0.420. The molecule has 0 amide bonds. The highest BCUT2D eigenvalue weighted by molar-refractivity contribution is 9.10. The molecule has 0 aliphatic rings. The van der Waals surface area contributed by atoms with Gasteiger partial charge in [0.15, 0.2) is 0 Å². The van der Waals surface area contributed by atoms with Gasteiger partial charge >= 0.3 is 0 Å². The third-order valence-electron chi connectivity index (χ3n) is 2.09. The van der Waals surface area contributed by atoms with Crippen LogP contribution >= 0.6 is 39.1 Å². The summed E-state index contributed by atoms with van der Waals surface area (Å²) < 4.78 is 1.01. The molecule has 0 aliphatic heterocycles. The molecule has 0 spiro atoms. The molecule has 1 nitrogen and oxygen atoms in total. The maximum absolute atomic E-state index is 6.05. The van der Waals surface area contributed by atoms with E-state index in [9.17, 15) is 0 Å². The fraction of sp³-hybridized carbons (Fsp3) is 0.100. The van der Waals surface area contributed by atoms with Crippen LogP contribution in [-0.4, -0.2) is 4.98 Å². The number of rotatable bonds is 0. The van der Waals surface area contributed by atoms with Crippen LogP contribution in [-0.2, 0) is 0 Å². The monoisotopic (exact) mass is 289 g/mol. The standard InChI is InChI=1S/C10H6BrCl2N/c1-5-7(11)3-2-6-8(12)4-9(13)14-10(5)6/h2-4H,1H3. The van der Waals surface area contributed by atoms with Crippen molar-refractivity contribution >= 4 is 50.0 Å². The molecule has 0 radical (unpaired) electrons. The molecule has 1 aromatic heterocycles. The number of aryl methyl sites for hydroxylation is 1. The van der Waals surface area contributed by atoms with Gasteiger partial charge in [-0.15, -0.1) is 0 Å². The molecule has 72 valence electrons. The molecule has 0 N–H and O–H groups in total. The maximum atomic E-state index is 6.05. The second-order valence-corrected chi connectivity index (χ2v) is 4.64. The van der Waals surface area contributed by atoms with Crippen molar-refractivity contribution in [1.29, 1.82) is 0 Å². The van der Waals surface area contributed by atoms with Crippen LogP contribution < -0.4 is 0 Å². The Bertz CT molecular complexity index is 511. The second kappa shape index (κ2) is 3.69. The van der Waals surface area contributed by atoms with Crippen LogP contribution in [0.4, 0.5) is 0 Å². The van der Waals surface area contributed by atoms with Gasteiger partial charge in [0, 0.05) is 9.86 Å². The van der Waals surface area contributed by atoms with E-state index >= 15 is 0 Å². The fourth-order valence-electron chi connectivity index (χ4n) is 1.33. The lowest BCUT2D eigenvalue weighted by atomic mass is 10.1. The minimum Gasteiger partial charge on any atom is -0.236 e. The molecule has 0 aliphatic carbocycles. The summed E-state index contributed by atoms with van der Waals surface area (Å²) in [6, 6.07) is 5.54. The van der Waals surface area contributed by atoms with E-state index in [0.29, 0.717) is 10.2 Å². The van der Waals surface area contributed by atoms with E-state index in [4.69, 9.17) is 23.2 Å². The first kappa shape index (κ1) is 10.2. The Hall–Kier alpha value is -0.310. The van der Waals surface area contributed by atoms with Crippen molar-refractivity contribution < 1.29 is 0 Å². The average molecular weight is 291 g/mol. The lowest BCUT2D eigenvalue weighted by Gasteiger charge is -2.05. The Morgan fingerprint density at radius 3 is 2.71 bits per heavy atom. The molecular weight excluding hydrogens is 285 g/mol. The van der Waals surface area contributed by atoms with Crippen molar-refractivity contribution in [1.82, 2.24) is 4.98 Å². The molecule has 4 heteroatoms. The Morgan fingerprint density at radius 1 is 1.29 bits per heavy atom. The molecule has 2 aromatic rings. The van der Waals surface area contributed by atoms with Gasteiger partial charge in [-0.2, -0.15) is 0 Å². The van der Waals surface area contributed by atoms with E-state index in [0.717, 1.165) is 20.9 Å². The highest BCUT2D eigenvalue weighted by atomic mass is 79.9. The number of nitrogens with zero attached hydrogens (tertiary/aromatic N) is 1. The molecule has 0 bridgehead atoms. The second-order valence-electron chi connectivity index (χ2n) is 3.00. The largest absolute Gasteiger partial charge is 0.236 e. The molecule has 1 heterocycles. The Kier molecular flexibility index (Phi) is 2.69. The zero-order valence-corrected chi connectivity index (χ0v) is 10.4. The number of hydrogen-bond acceptors (Lipinski definition) is 1. The quantitative estimate of drug-likeness (QED) is 0.646. The lowest BCUT2D eigenvalue weighted by molar-refractivity contribution is 1.35. The molecular formula is C10H6BrCl2N. The van der Waals surface area contributed by atoms with Gasteiger partial charge in [-0.1, -0.05) is 45.2 Å². The highest BCUT2D eigenvalue weighted by Crippen LogP contribution is 2.30. The van der Waals surface area contributed by atoms with Crippen molar-refractivity contribution in [2.24, 2.45) is 0 Å². The number of fused-ring (bicyclic) bond motifs is 1. The number of benzene rings is 1. The normalized spacial score (nSPS) is 10.9. The first-order valence-corrected chi connectivity index (χ1v) is 5.55. The van der Waals surface area contributed by atoms with Crippen LogP contribution in [0, 0.1) is 6.92 Å². The summed E-state index contributed by atoms with van der Waals surface area (Å²) in [5.41, 5.74) is 1.89. The summed E-state index contributed by atoms with van der Waals surface area (Å²) in [5, 5.41) is 1.98. The van der Waals surface area contributed by atoms with Gasteiger partial charge in [0.1, 0.15) is 5.15 Å². The van der Waals surface area contributed by atoms with Crippen LogP contribution in [0.3, 0.4) is 0 Å². The van der Waals surface area contributed by atoms with Gasteiger partial charge in [-0.3, -0.25) is 0 Å². The smallest absolute Gasteiger partial charge is 0.131 e. The van der Waals surface area contributed by atoms with Crippen molar-refractivity contribution in [3.63, 3.8) is 0 Å². The van der Waals surface area contributed by atoms with Crippen molar-refractivity contribution in [3.05, 3.63) is 38.4 Å². The third-order valence-corrected chi connectivity index (χ3v) is 3.45. The Balaban J connectivity index is 2.95. The summed E-state index contributed by atoms with van der Waals surface area (Å²) in [6.07, 6.45) is 0. The number of pyridine rings is 1. The number of hydrogen-bond donors (Lipinski definition) is 0. The lowest BCUT2D eigenvalue weighted by Crippen LogP contribution is -1.86. The van der Waals surface area contributed by atoms with Crippen LogP contribution in [0.15, 0.2) is 22.7 Å². The van der Waals surface area contributed by atoms with Crippen LogP contribution in [0.2, 0.25) is 10.2 Å². The van der Waals surface area contributed by atoms with Crippen molar-refractivity contribution in [2.75, 3.05) is 0 Å². The predicted molar refractivity (Wildman–Crippen MR) is 64.2 cm³/mol. The Morgan fingerprint density at radius 2 is 2.00 bits per heavy atom. The topological polar surface area (TPSA) is 12.9 Å². The van der Waals surface area contributed by atoms with E-state index in [1.807, 2.05) is 19.1 Å². The molecule has 1 aromatic carbocycles. The zero-order chi connectivity index (χ0) is 10.3. The van der Waals surface area contributed by atoms with E-state index in [1.165, 1.54) is 0 Å². The summed E-state index contributed by atoms with van der Waals surface area (Å²) in [4.78, 5) is 4.25. The number of aromatic nitrogens is 1. The van der Waals surface area contributed by atoms with Gasteiger partial charge in [0.25, 0.3) is 0 Å². The summed E-state index contributed by atoms with van der Waals surface area (Å²) >= 11 is 15.3. The Labute approximate surface area is 100 Å². The van der Waals surface area contributed by atoms with Gasteiger partial charge in [-0.05, 0) is 24.6 Å². The molecule has 0 saturated carbocycles. The van der Waals surface area contributed by atoms with Gasteiger partial charge in [-0.25, -0.2) is 4.98 Å². The van der Waals surface area contributed by atoms with E-state index in [-0.39, 0.29) is 0 Å². The van der Waals surface area contributed by atoms with E-state index in [1.54, 1.807) is 6.07 Å². The van der Waals surface area contributed by atoms with Gasteiger partial charge in [0.2, 0.25) is 0 Å². The van der Waals surface area contributed by atoms with Crippen LogP contribution in [0.1, 0.15) is 5.56 Å². The predicted octanol–water partition coefficient (Wildman–Crippen LogP) is 4.61. The third kappa shape index (κ3) is 1.62. The average Bonchev–Trinajstić information content (AvgIpc) is 2.12. The van der Waals surface area contributed by atoms with Gasteiger partial charge < -0.3 is 0 Å². The van der Waals surface area contributed by atoms with Crippen molar-refractivity contribution in [2.45, 2.75) is 6.92 Å².